The molecule has 2 fully saturated rings. The predicted octanol–water partition coefficient (Wildman–Crippen LogP) is 4.04. The van der Waals surface area contributed by atoms with E-state index in [4.69, 9.17) is 5.73 Å². The van der Waals surface area contributed by atoms with Crippen molar-refractivity contribution in [2.24, 2.45) is 5.73 Å². The van der Waals surface area contributed by atoms with Crippen molar-refractivity contribution in [3.05, 3.63) is 34.3 Å². The lowest BCUT2D eigenvalue weighted by Crippen LogP contribution is -2.50. The van der Waals surface area contributed by atoms with Gasteiger partial charge in [-0.25, -0.2) is 0 Å². The van der Waals surface area contributed by atoms with E-state index in [1.165, 1.54) is 6.42 Å². The second-order valence-corrected chi connectivity index (χ2v) is 8.15. The lowest BCUT2D eigenvalue weighted by molar-refractivity contribution is -0.129. The Kier molecular flexibility index (Phi) is 5.42. The Hall–Kier alpha value is -0.870. The molecule has 23 heavy (non-hydrogen) atoms. The van der Waals surface area contributed by atoms with Crippen LogP contribution in [-0.4, -0.2) is 18.0 Å². The second-order valence-electron chi connectivity index (χ2n) is 7.24. The van der Waals surface area contributed by atoms with Crippen LogP contribution in [0.1, 0.15) is 63.4 Å². The minimum Gasteiger partial charge on any atom is -0.353 e. The highest BCUT2D eigenvalue weighted by Gasteiger charge is 2.42. The second kappa shape index (κ2) is 7.35. The van der Waals surface area contributed by atoms with Crippen LogP contribution in [0.4, 0.5) is 0 Å². The first kappa shape index (κ1) is 17.0. The molecule has 2 aliphatic carbocycles. The van der Waals surface area contributed by atoms with Crippen molar-refractivity contribution >= 4 is 21.8 Å². The third kappa shape index (κ3) is 3.80. The third-order valence-corrected chi connectivity index (χ3v) is 6.12. The highest BCUT2D eigenvalue weighted by Crippen LogP contribution is 2.40. The van der Waals surface area contributed by atoms with E-state index in [0.29, 0.717) is 12.1 Å². The maximum Gasteiger partial charge on any atom is 0.230 e. The summed E-state index contributed by atoms with van der Waals surface area (Å²) in [6.45, 7) is 0. The molecule has 1 aromatic rings. The molecule has 0 aliphatic heterocycles. The fourth-order valence-electron chi connectivity index (χ4n) is 4.18. The van der Waals surface area contributed by atoms with Gasteiger partial charge in [-0.2, -0.15) is 0 Å². The van der Waals surface area contributed by atoms with E-state index in [0.717, 1.165) is 61.4 Å². The smallest absolute Gasteiger partial charge is 0.230 e. The number of nitrogens with two attached hydrogens (primary N) is 1. The number of hydrogen-bond donors (Lipinski definition) is 2. The normalized spacial score (nSPS) is 27.4. The van der Waals surface area contributed by atoms with E-state index in [2.05, 4.69) is 33.4 Å². The number of nitrogens with one attached hydrogen (secondary N) is 1. The van der Waals surface area contributed by atoms with Gasteiger partial charge in [-0.15, -0.1) is 0 Å². The zero-order valence-corrected chi connectivity index (χ0v) is 15.3. The van der Waals surface area contributed by atoms with E-state index in [-0.39, 0.29) is 11.3 Å². The van der Waals surface area contributed by atoms with Gasteiger partial charge in [-0.3, -0.25) is 4.79 Å². The Morgan fingerprint density at radius 2 is 1.83 bits per heavy atom. The number of hydrogen-bond acceptors (Lipinski definition) is 2. The Morgan fingerprint density at radius 3 is 2.48 bits per heavy atom. The molecule has 0 atom stereocenters. The van der Waals surface area contributed by atoms with Gasteiger partial charge < -0.3 is 11.1 Å². The summed E-state index contributed by atoms with van der Waals surface area (Å²) >= 11 is 3.56. The number of halogens is 1. The Labute approximate surface area is 147 Å². The molecule has 0 aromatic heterocycles. The van der Waals surface area contributed by atoms with E-state index in [1.807, 2.05) is 12.1 Å². The molecule has 2 saturated carbocycles. The number of benzene rings is 1. The van der Waals surface area contributed by atoms with Gasteiger partial charge in [-0.1, -0.05) is 47.3 Å². The molecule has 0 unspecified atom stereocenters. The van der Waals surface area contributed by atoms with Crippen molar-refractivity contribution in [3.63, 3.8) is 0 Å². The SMILES string of the molecule is NC1CCC(NC(=O)C2(c3cccc(Br)c3)CCCCC2)CC1. The minimum atomic E-state index is -0.346. The molecule has 3 N–H and O–H groups in total. The monoisotopic (exact) mass is 378 g/mol. The standard InChI is InChI=1S/C19H27BrN2O/c20-15-6-4-5-14(13-15)19(11-2-1-3-12-19)18(23)22-17-9-7-16(21)8-10-17/h4-6,13,16-17H,1-3,7-12,21H2,(H,22,23). The quantitative estimate of drug-likeness (QED) is 0.833. The van der Waals surface area contributed by atoms with E-state index in [9.17, 15) is 4.79 Å². The van der Waals surface area contributed by atoms with Gasteiger partial charge in [0.05, 0.1) is 5.41 Å². The van der Waals surface area contributed by atoms with Gasteiger partial charge in [-0.05, 0) is 56.2 Å². The number of carbonyl (C=O) groups is 1. The first-order chi connectivity index (χ1) is 11.1. The molecule has 0 bridgehead atoms. The molecule has 0 spiro atoms. The van der Waals surface area contributed by atoms with Gasteiger partial charge >= 0.3 is 0 Å². The van der Waals surface area contributed by atoms with Crippen LogP contribution >= 0.6 is 15.9 Å². The van der Waals surface area contributed by atoms with Crippen LogP contribution in [0.3, 0.4) is 0 Å². The molecule has 0 saturated heterocycles. The summed E-state index contributed by atoms with van der Waals surface area (Å²) in [7, 11) is 0. The highest BCUT2D eigenvalue weighted by molar-refractivity contribution is 9.10. The fourth-order valence-corrected chi connectivity index (χ4v) is 4.57. The summed E-state index contributed by atoms with van der Waals surface area (Å²) in [5.74, 6) is 0.232. The number of amides is 1. The lowest BCUT2D eigenvalue weighted by Gasteiger charge is -2.38. The molecule has 4 heteroatoms. The predicted molar refractivity (Wildman–Crippen MR) is 97.3 cm³/mol. The lowest BCUT2D eigenvalue weighted by atomic mass is 9.68. The van der Waals surface area contributed by atoms with Crippen molar-refractivity contribution in [1.29, 1.82) is 0 Å². The molecule has 3 nitrogen and oxygen atoms in total. The van der Waals surface area contributed by atoms with Gasteiger partial charge in [0, 0.05) is 16.6 Å². The first-order valence-corrected chi connectivity index (χ1v) is 9.72. The summed E-state index contributed by atoms with van der Waals surface area (Å²) in [5, 5.41) is 3.36. The molecule has 1 aromatic carbocycles. The number of rotatable bonds is 3. The third-order valence-electron chi connectivity index (χ3n) is 5.63. The Bertz CT molecular complexity index is 546. The zero-order valence-electron chi connectivity index (χ0n) is 13.7. The van der Waals surface area contributed by atoms with Crippen LogP contribution in [0.25, 0.3) is 0 Å². The molecule has 0 radical (unpaired) electrons. The average molecular weight is 379 g/mol. The van der Waals surface area contributed by atoms with Crippen molar-refractivity contribution in [2.45, 2.75) is 75.3 Å². The van der Waals surface area contributed by atoms with Crippen molar-refractivity contribution in [3.8, 4) is 0 Å². The summed E-state index contributed by atoms with van der Waals surface area (Å²) < 4.78 is 1.05. The van der Waals surface area contributed by atoms with Crippen LogP contribution in [-0.2, 0) is 10.2 Å². The van der Waals surface area contributed by atoms with Gasteiger partial charge in [0.1, 0.15) is 0 Å². The largest absolute Gasteiger partial charge is 0.353 e. The summed E-state index contributed by atoms with van der Waals surface area (Å²) in [5.41, 5.74) is 6.80. The summed E-state index contributed by atoms with van der Waals surface area (Å²) in [6.07, 6.45) is 9.50. The van der Waals surface area contributed by atoms with E-state index < -0.39 is 0 Å². The molecule has 2 aliphatic rings. The van der Waals surface area contributed by atoms with Crippen LogP contribution in [0.15, 0.2) is 28.7 Å². The van der Waals surface area contributed by atoms with Crippen molar-refractivity contribution in [2.75, 3.05) is 0 Å². The molecule has 1 amide bonds. The van der Waals surface area contributed by atoms with Gasteiger partial charge in [0.15, 0.2) is 0 Å². The molecule has 0 heterocycles. The van der Waals surface area contributed by atoms with Crippen LogP contribution in [0.2, 0.25) is 0 Å². The van der Waals surface area contributed by atoms with E-state index >= 15 is 0 Å². The summed E-state index contributed by atoms with van der Waals surface area (Å²) in [6, 6.07) is 8.93. The zero-order chi connectivity index (χ0) is 16.3. The fraction of sp³-hybridized carbons (Fsp3) is 0.632. The molecule has 126 valence electrons. The Morgan fingerprint density at radius 1 is 1.13 bits per heavy atom. The first-order valence-electron chi connectivity index (χ1n) is 8.93. The molecular weight excluding hydrogens is 352 g/mol. The topological polar surface area (TPSA) is 55.1 Å². The van der Waals surface area contributed by atoms with Gasteiger partial charge in [0.2, 0.25) is 5.91 Å². The Balaban J connectivity index is 1.79. The average Bonchev–Trinajstić information content (AvgIpc) is 2.57. The van der Waals surface area contributed by atoms with Crippen LogP contribution in [0, 0.1) is 0 Å². The molecular formula is C19H27BrN2O. The van der Waals surface area contributed by atoms with E-state index in [1.54, 1.807) is 0 Å². The highest BCUT2D eigenvalue weighted by atomic mass is 79.9. The maximum atomic E-state index is 13.2. The maximum absolute atomic E-state index is 13.2. The van der Waals surface area contributed by atoms with Gasteiger partial charge in [0.25, 0.3) is 0 Å². The minimum absolute atomic E-state index is 0.232. The number of carbonyl (C=O) groups excluding carboxylic acids is 1. The van der Waals surface area contributed by atoms with Crippen LogP contribution in [0.5, 0.6) is 0 Å². The van der Waals surface area contributed by atoms with Crippen LogP contribution < -0.4 is 11.1 Å². The summed E-state index contributed by atoms with van der Waals surface area (Å²) in [4.78, 5) is 13.2. The van der Waals surface area contributed by atoms with Crippen molar-refractivity contribution in [1.82, 2.24) is 5.32 Å². The molecule has 3 rings (SSSR count). The van der Waals surface area contributed by atoms with Crippen molar-refractivity contribution < 1.29 is 4.79 Å².